The smallest absolute Gasteiger partial charge is 0.398 e. The minimum Gasteiger partial charge on any atom is -0.398 e. The fourth-order valence-corrected chi connectivity index (χ4v) is 2.06. The van der Waals surface area contributed by atoms with Gasteiger partial charge < -0.3 is 15.0 Å². The van der Waals surface area contributed by atoms with E-state index in [1.807, 2.05) is 27.7 Å². The summed E-state index contributed by atoms with van der Waals surface area (Å²) < 4.78 is 39.3. The van der Waals surface area contributed by atoms with Gasteiger partial charge in [0.1, 0.15) is 11.5 Å². The van der Waals surface area contributed by atoms with E-state index in [-0.39, 0.29) is 12.1 Å². The summed E-state index contributed by atoms with van der Waals surface area (Å²) >= 11 is 0. The zero-order chi connectivity index (χ0) is 17.3. The van der Waals surface area contributed by atoms with Crippen molar-refractivity contribution in [3.05, 3.63) is 40.9 Å². The molecule has 1 aliphatic heterocycles. The first kappa shape index (κ1) is 17.7. The van der Waals surface area contributed by atoms with Crippen LogP contribution in [0.2, 0.25) is 0 Å². The van der Waals surface area contributed by atoms with Crippen molar-refractivity contribution in [2.75, 3.05) is 6.54 Å². The zero-order valence-electron chi connectivity index (χ0n) is 13.7. The maximum atomic E-state index is 14.4. The SMILES string of the molecule is CC1(C)OB(C(F)=Cc2ccc(F)c(C#CCN)c2)OC1(C)C. The van der Waals surface area contributed by atoms with Gasteiger partial charge in [-0.1, -0.05) is 17.9 Å². The average Bonchev–Trinajstić information content (AvgIpc) is 2.68. The monoisotopic (exact) mass is 319 g/mol. The maximum Gasteiger partial charge on any atom is 0.525 e. The predicted molar refractivity (Wildman–Crippen MR) is 87.5 cm³/mol. The summed E-state index contributed by atoms with van der Waals surface area (Å²) in [4.78, 5) is 0. The first-order valence-corrected chi connectivity index (χ1v) is 7.37. The van der Waals surface area contributed by atoms with Crippen LogP contribution in [-0.2, 0) is 9.31 Å². The van der Waals surface area contributed by atoms with Crippen LogP contribution in [0.5, 0.6) is 0 Å². The van der Waals surface area contributed by atoms with Crippen LogP contribution in [0, 0.1) is 17.7 Å². The van der Waals surface area contributed by atoms with Crippen LogP contribution in [0.1, 0.15) is 38.8 Å². The van der Waals surface area contributed by atoms with Gasteiger partial charge in [0.2, 0.25) is 0 Å². The number of rotatable bonds is 2. The third-order valence-corrected chi connectivity index (χ3v) is 4.10. The van der Waals surface area contributed by atoms with E-state index in [4.69, 9.17) is 15.0 Å². The van der Waals surface area contributed by atoms with Crippen LogP contribution in [0.25, 0.3) is 6.08 Å². The minimum absolute atomic E-state index is 0.127. The van der Waals surface area contributed by atoms with Gasteiger partial charge in [0.05, 0.1) is 23.3 Å². The molecule has 2 N–H and O–H groups in total. The second kappa shape index (κ2) is 6.44. The lowest BCUT2D eigenvalue weighted by Gasteiger charge is -2.32. The molecule has 0 unspecified atom stereocenters. The Kier molecular flexibility index (Phi) is 4.95. The molecular formula is C17H20BF2NO2. The Morgan fingerprint density at radius 2 is 1.87 bits per heavy atom. The van der Waals surface area contributed by atoms with Crippen LogP contribution in [0.15, 0.2) is 23.9 Å². The lowest BCUT2D eigenvalue weighted by molar-refractivity contribution is 0.00578. The van der Waals surface area contributed by atoms with Crippen molar-refractivity contribution >= 4 is 13.2 Å². The lowest BCUT2D eigenvalue weighted by Crippen LogP contribution is -2.41. The first-order valence-electron chi connectivity index (χ1n) is 7.37. The Labute approximate surface area is 136 Å². The molecule has 0 spiro atoms. The van der Waals surface area contributed by atoms with Gasteiger partial charge in [-0.15, -0.1) is 0 Å². The number of halogens is 2. The second-order valence-corrected chi connectivity index (χ2v) is 6.36. The van der Waals surface area contributed by atoms with Crippen molar-refractivity contribution in [1.29, 1.82) is 0 Å². The highest BCUT2D eigenvalue weighted by molar-refractivity contribution is 6.54. The molecular weight excluding hydrogens is 299 g/mol. The molecule has 0 amide bonds. The molecule has 1 aliphatic rings. The van der Waals surface area contributed by atoms with Gasteiger partial charge in [-0.05, 0) is 51.5 Å². The Morgan fingerprint density at radius 3 is 2.43 bits per heavy atom. The van der Waals surface area contributed by atoms with E-state index in [1.165, 1.54) is 24.3 Å². The molecule has 2 rings (SSSR count). The topological polar surface area (TPSA) is 44.5 Å². The van der Waals surface area contributed by atoms with Crippen molar-refractivity contribution in [3.8, 4) is 11.8 Å². The summed E-state index contributed by atoms with van der Waals surface area (Å²) in [5, 5.41) is 0. The molecule has 1 aromatic carbocycles. The maximum absolute atomic E-state index is 14.4. The van der Waals surface area contributed by atoms with Crippen LogP contribution in [-0.4, -0.2) is 24.9 Å². The van der Waals surface area contributed by atoms with E-state index in [1.54, 1.807) is 0 Å². The standard InChI is InChI=1S/C17H20BF2NO2/c1-16(2)17(3,4)23-18(22-16)15(20)11-12-7-8-14(19)13(10-12)6-5-9-21/h7-8,10-11H,9,21H2,1-4H3. The molecule has 1 fully saturated rings. The van der Waals surface area contributed by atoms with Crippen molar-refractivity contribution in [2.24, 2.45) is 5.73 Å². The summed E-state index contributed by atoms with van der Waals surface area (Å²) in [5.74, 6) is 4.72. The fourth-order valence-electron chi connectivity index (χ4n) is 2.06. The van der Waals surface area contributed by atoms with Gasteiger partial charge in [0.25, 0.3) is 0 Å². The van der Waals surface area contributed by atoms with Gasteiger partial charge in [-0.2, -0.15) is 0 Å². The van der Waals surface area contributed by atoms with Crippen LogP contribution >= 0.6 is 0 Å². The Balaban J connectivity index is 2.25. The third kappa shape index (κ3) is 3.81. The van der Waals surface area contributed by atoms with Crippen LogP contribution in [0.3, 0.4) is 0 Å². The highest BCUT2D eigenvalue weighted by Gasteiger charge is 2.53. The number of hydrogen-bond acceptors (Lipinski definition) is 3. The molecule has 122 valence electrons. The van der Waals surface area contributed by atoms with E-state index in [0.29, 0.717) is 5.56 Å². The normalized spacial score (nSPS) is 19.4. The molecule has 0 radical (unpaired) electrons. The lowest BCUT2D eigenvalue weighted by atomic mass is 9.86. The van der Waals surface area contributed by atoms with Gasteiger partial charge >= 0.3 is 7.12 Å². The Morgan fingerprint density at radius 1 is 1.26 bits per heavy atom. The van der Waals surface area contributed by atoms with Crippen molar-refractivity contribution in [3.63, 3.8) is 0 Å². The summed E-state index contributed by atoms with van der Waals surface area (Å²) in [7, 11) is -1.08. The fraction of sp³-hybridized carbons (Fsp3) is 0.412. The molecule has 23 heavy (non-hydrogen) atoms. The highest BCUT2D eigenvalue weighted by Crippen LogP contribution is 2.39. The molecule has 6 heteroatoms. The molecule has 3 nitrogen and oxygen atoms in total. The van der Waals surface area contributed by atoms with Gasteiger partial charge in [-0.25, -0.2) is 8.78 Å². The molecule has 0 aliphatic carbocycles. The van der Waals surface area contributed by atoms with E-state index in [9.17, 15) is 8.78 Å². The summed E-state index contributed by atoms with van der Waals surface area (Å²) in [6, 6.07) is 4.17. The summed E-state index contributed by atoms with van der Waals surface area (Å²) in [6.07, 6.45) is 1.26. The molecule has 1 aromatic rings. The summed E-state index contributed by atoms with van der Waals surface area (Å²) in [6.45, 7) is 7.51. The number of benzene rings is 1. The summed E-state index contributed by atoms with van der Waals surface area (Å²) in [5.41, 5.74) is 4.10. The van der Waals surface area contributed by atoms with Crippen molar-refractivity contribution in [1.82, 2.24) is 0 Å². The van der Waals surface area contributed by atoms with Gasteiger partial charge in [0, 0.05) is 0 Å². The van der Waals surface area contributed by atoms with Crippen LogP contribution in [0.4, 0.5) is 8.78 Å². The van der Waals surface area contributed by atoms with Gasteiger partial charge in [0.15, 0.2) is 0 Å². The Bertz CT molecular complexity index is 674. The average molecular weight is 319 g/mol. The molecule has 1 saturated heterocycles. The quantitative estimate of drug-likeness (QED) is 0.673. The van der Waals surface area contributed by atoms with Crippen molar-refractivity contribution in [2.45, 2.75) is 38.9 Å². The van der Waals surface area contributed by atoms with E-state index in [2.05, 4.69) is 11.8 Å². The number of nitrogens with two attached hydrogens (primary N) is 1. The third-order valence-electron chi connectivity index (χ3n) is 4.10. The minimum atomic E-state index is -1.08. The van der Waals surface area contributed by atoms with E-state index < -0.39 is 29.9 Å². The highest BCUT2D eigenvalue weighted by atomic mass is 19.1. The molecule has 0 aromatic heterocycles. The zero-order valence-corrected chi connectivity index (χ0v) is 13.7. The molecule has 1 heterocycles. The van der Waals surface area contributed by atoms with E-state index >= 15 is 0 Å². The molecule has 0 atom stereocenters. The second-order valence-electron chi connectivity index (χ2n) is 6.36. The van der Waals surface area contributed by atoms with Crippen LogP contribution < -0.4 is 5.73 Å². The first-order chi connectivity index (χ1) is 10.7. The van der Waals surface area contributed by atoms with Crippen molar-refractivity contribution < 1.29 is 18.1 Å². The Hall–Kier alpha value is -1.68. The number of hydrogen-bond donors (Lipinski definition) is 1. The predicted octanol–water partition coefficient (Wildman–Crippen LogP) is 3.08. The largest absolute Gasteiger partial charge is 0.525 e. The molecule has 0 bridgehead atoms. The molecule has 0 saturated carbocycles. The van der Waals surface area contributed by atoms with Gasteiger partial charge in [-0.3, -0.25) is 0 Å². The van der Waals surface area contributed by atoms with E-state index in [0.717, 1.165) is 0 Å².